The van der Waals surface area contributed by atoms with Crippen molar-refractivity contribution >= 4 is 44.9 Å². The van der Waals surface area contributed by atoms with E-state index in [0.29, 0.717) is 28.8 Å². The van der Waals surface area contributed by atoms with Crippen molar-refractivity contribution in [2.45, 2.75) is 39.8 Å². The molecule has 0 saturated heterocycles. The maximum atomic E-state index is 13.7. The van der Waals surface area contributed by atoms with Gasteiger partial charge in [0.1, 0.15) is 15.4 Å². The molecule has 0 spiro atoms. The Morgan fingerprint density at radius 1 is 1.28 bits per heavy atom. The third-order valence-corrected chi connectivity index (χ3v) is 6.43. The van der Waals surface area contributed by atoms with Gasteiger partial charge in [0, 0.05) is 30.1 Å². The molecular formula is C21H20F2N8O4S. The van der Waals surface area contributed by atoms with Crippen LogP contribution in [0.4, 0.5) is 20.3 Å². The minimum Gasteiger partial charge on any atom is -0.365 e. The molecule has 4 heterocycles. The van der Waals surface area contributed by atoms with E-state index in [-0.39, 0.29) is 34.2 Å². The molecule has 0 fully saturated rings. The fourth-order valence-electron chi connectivity index (χ4n) is 3.67. The van der Waals surface area contributed by atoms with Crippen LogP contribution in [0.25, 0.3) is 21.3 Å². The number of carbonyl (C=O) groups excluding carboxylic acids is 2. The molecule has 0 radical (unpaired) electrons. The number of pyridine rings is 1. The number of aryl methyl sites for hydroxylation is 3. The molecule has 3 N–H and O–H groups in total. The Bertz CT molecular complexity index is 1490. The van der Waals surface area contributed by atoms with Crippen LogP contribution in [-0.4, -0.2) is 41.3 Å². The summed E-state index contributed by atoms with van der Waals surface area (Å²) in [5.74, 6) is -1.76. The second kappa shape index (κ2) is 9.77. The summed E-state index contributed by atoms with van der Waals surface area (Å²) in [6.45, 7) is 4.16. The molecule has 0 unspecified atom stereocenters. The molecule has 0 aliphatic heterocycles. The fourth-order valence-corrected chi connectivity index (χ4v) is 4.68. The van der Waals surface area contributed by atoms with Gasteiger partial charge in [-0.2, -0.15) is 9.78 Å². The second-order valence-corrected chi connectivity index (χ2v) is 8.72. The highest BCUT2D eigenvalue weighted by Gasteiger charge is 2.26. The summed E-state index contributed by atoms with van der Waals surface area (Å²) in [4.78, 5) is 39.2. The van der Waals surface area contributed by atoms with Crippen LogP contribution < -0.4 is 11.1 Å². The molecule has 0 bridgehead atoms. The molecule has 4 rings (SSSR count). The molecule has 0 atom stereocenters. The van der Waals surface area contributed by atoms with Crippen LogP contribution in [0.3, 0.4) is 0 Å². The van der Waals surface area contributed by atoms with Gasteiger partial charge in [0.2, 0.25) is 5.91 Å². The number of aromatic nitrogens is 5. The van der Waals surface area contributed by atoms with Crippen LogP contribution in [0.5, 0.6) is 0 Å². The lowest BCUT2D eigenvalue weighted by Gasteiger charge is -2.10. The summed E-state index contributed by atoms with van der Waals surface area (Å²) in [6.07, 6.45) is 0.0448. The van der Waals surface area contributed by atoms with E-state index < -0.39 is 28.9 Å². The normalized spacial score (nSPS) is 11.4. The van der Waals surface area contributed by atoms with Crippen LogP contribution >= 0.6 is 11.3 Å². The summed E-state index contributed by atoms with van der Waals surface area (Å²) < 4.78 is 30.2. The average molecular weight is 519 g/mol. The van der Waals surface area contributed by atoms with Crippen molar-refractivity contribution in [1.29, 1.82) is 0 Å². The average Bonchev–Trinajstić information content (AvgIpc) is 3.54. The largest absolute Gasteiger partial charge is 0.389 e. The first-order chi connectivity index (χ1) is 17.1. The van der Waals surface area contributed by atoms with E-state index in [2.05, 4.69) is 20.5 Å². The van der Waals surface area contributed by atoms with E-state index in [4.69, 9.17) is 5.73 Å². The Balaban J connectivity index is 1.77. The number of anilines is 1. The van der Waals surface area contributed by atoms with Gasteiger partial charge in [0.15, 0.2) is 0 Å². The van der Waals surface area contributed by atoms with E-state index in [1.807, 2.05) is 6.92 Å². The molecule has 188 valence electrons. The number of nitrogens with two attached hydrogens (primary N) is 1. The first-order valence-electron chi connectivity index (χ1n) is 10.7. The zero-order valence-corrected chi connectivity index (χ0v) is 19.9. The smallest absolute Gasteiger partial charge is 0.365 e. The van der Waals surface area contributed by atoms with Gasteiger partial charge in [-0.1, -0.05) is 0 Å². The van der Waals surface area contributed by atoms with E-state index in [9.17, 15) is 28.5 Å². The van der Waals surface area contributed by atoms with Crippen molar-refractivity contribution in [2.24, 2.45) is 5.73 Å². The molecule has 4 aromatic rings. The first kappa shape index (κ1) is 24.8. The van der Waals surface area contributed by atoms with Crippen molar-refractivity contribution in [1.82, 2.24) is 24.5 Å². The highest BCUT2D eigenvalue weighted by atomic mass is 32.1. The van der Waals surface area contributed by atoms with Crippen molar-refractivity contribution in [3.8, 4) is 11.1 Å². The number of nitro groups is 1. The van der Waals surface area contributed by atoms with Crippen LogP contribution in [0.1, 0.15) is 40.8 Å². The molecule has 0 saturated carbocycles. The second-order valence-electron chi connectivity index (χ2n) is 7.72. The number of carbonyl (C=O) groups is 2. The van der Waals surface area contributed by atoms with Crippen molar-refractivity contribution in [2.75, 3.05) is 5.32 Å². The molecule has 2 amide bonds. The first-order valence-corrected chi connectivity index (χ1v) is 11.5. The molecule has 0 aliphatic rings. The summed E-state index contributed by atoms with van der Waals surface area (Å²) in [6, 6.07) is 2.42. The number of nitrogens with zero attached hydrogens (tertiary/aromatic N) is 6. The monoisotopic (exact) mass is 518 g/mol. The zero-order chi connectivity index (χ0) is 26.1. The Labute approximate surface area is 205 Å². The lowest BCUT2D eigenvalue weighted by Crippen LogP contribution is -2.18. The maximum Gasteiger partial charge on any atom is 0.389 e. The maximum absolute atomic E-state index is 13.7. The van der Waals surface area contributed by atoms with Gasteiger partial charge in [-0.25, -0.2) is 13.8 Å². The minimum atomic E-state index is -2.87. The predicted octanol–water partition coefficient (Wildman–Crippen LogP) is 3.66. The van der Waals surface area contributed by atoms with E-state index in [0.717, 1.165) is 11.3 Å². The number of alkyl halides is 2. The summed E-state index contributed by atoms with van der Waals surface area (Å²) in [5.41, 5.74) is 6.55. The van der Waals surface area contributed by atoms with Crippen molar-refractivity contribution < 1.29 is 23.3 Å². The highest BCUT2D eigenvalue weighted by molar-refractivity contribution is 7.21. The van der Waals surface area contributed by atoms with Crippen LogP contribution in [0.15, 0.2) is 24.5 Å². The Kier molecular flexibility index (Phi) is 6.74. The minimum absolute atomic E-state index is 0.0245. The van der Waals surface area contributed by atoms with Gasteiger partial charge >= 0.3 is 5.82 Å². The quantitative estimate of drug-likeness (QED) is 0.252. The number of hydrogen-bond donors (Lipinski definition) is 2. The number of halogens is 2. The number of thiophene rings is 1. The Morgan fingerprint density at radius 3 is 2.61 bits per heavy atom. The SMILES string of the molecule is CCn1cc(-c2cc(C(F)F)nc3sc(C(N)=O)c(NC(=O)CCn4ccc([N+](=O)[O-])n4)c23)c(C)n1. The number of rotatable bonds is 9. The molecule has 36 heavy (non-hydrogen) atoms. The van der Waals surface area contributed by atoms with Crippen molar-refractivity contribution in [3.05, 3.63) is 50.9 Å². The highest BCUT2D eigenvalue weighted by Crippen LogP contribution is 2.43. The Hall–Kier alpha value is -4.27. The summed E-state index contributed by atoms with van der Waals surface area (Å²) >= 11 is 0.800. The van der Waals surface area contributed by atoms with Crippen LogP contribution in [-0.2, 0) is 17.9 Å². The molecule has 15 heteroatoms. The van der Waals surface area contributed by atoms with Crippen LogP contribution in [0, 0.1) is 17.0 Å². The molecule has 4 aromatic heterocycles. The van der Waals surface area contributed by atoms with E-state index >= 15 is 0 Å². The topological polar surface area (TPSA) is 164 Å². The standard InChI is InChI=1S/C21H20F2N8O4S/c1-3-29-9-12(10(2)27-29)11-8-13(19(22)23)25-21-16(11)17(18(36-21)20(24)33)26-15(32)5-7-30-6-4-14(28-30)31(34)35/h4,6,8-9,19H,3,5,7H2,1-2H3,(H2,24,33)(H,26,32). The number of amides is 2. The Morgan fingerprint density at radius 2 is 2.03 bits per heavy atom. The van der Waals surface area contributed by atoms with Crippen molar-refractivity contribution in [3.63, 3.8) is 0 Å². The molecular weight excluding hydrogens is 498 g/mol. The van der Waals surface area contributed by atoms with Gasteiger partial charge in [-0.15, -0.1) is 11.3 Å². The summed E-state index contributed by atoms with van der Waals surface area (Å²) in [5, 5.41) is 21.9. The third-order valence-electron chi connectivity index (χ3n) is 5.34. The van der Waals surface area contributed by atoms with Crippen LogP contribution in [0.2, 0.25) is 0 Å². The molecule has 0 aromatic carbocycles. The van der Waals surface area contributed by atoms with Gasteiger partial charge in [-0.05, 0) is 30.4 Å². The molecule has 12 nitrogen and oxygen atoms in total. The number of hydrogen-bond acceptors (Lipinski definition) is 8. The van der Waals surface area contributed by atoms with Gasteiger partial charge in [0.25, 0.3) is 12.3 Å². The lowest BCUT2D eigenvalue weighted by molar-refractivity contribution is -0.389. The summed E-state index contributed by atoms with van der Waals surface area (Å²) in [7, 11) is 0. The number of nitrogens with one attached hydrogen (secondary N) is 1. The number of primary amides is 1. The predicted molar refractivity (Wildman–Crippen MR) is 127 cm³/mol. The zero-order valence-electron chi connectivity index (χ0n) is 19.1. The number of fused-ring (bicyclic) bond motifs is 1. The fraction of sp³-hybridized carbons (Fsp3) is 0.286. The lowest BCUT2D eigenvalue weighted by atomic mass is 10.0. The van der Waals surface area contributed by atoms with Gasteiger partial charge in [-0.3, -0.25) is 14.3 Å². The van der Waals surface area contributed by atoms with E-state index in [1.165, 1.54) is 23.0 Å². The van der Waals surface area contributed by atoms with Gasteiger partial charge < -0.3 is 21.2 Å². The molecule has 0 aliphatic carbocycles. The third kappa shape index (κ3) is 4.77. The van der Waals surface area contributed by atoms with E-state index in [1.54, 1.807) is 17.8 Å². The van der Waals surface area contributed by atoms with Gasteiger partial charge in [0.05, 0.1) is 35.3 Å².